The number of aromatic nitrogens is 3. The van der Waals surface area contributed by atoms with Crippen LogP contribution in [0.1, 0.15) is 0 Å². The van der Waals surface area contributed by atoms with Crippen molar-refractivity contribution in [2.45, 2.75) is 0 Å². The molecule has 0 N–H and O–H groups in total. The van der Waals surface area contributed by atoms with Crippen molar-refractivity contribution in [3.63, 3.8) is 0 Å². The monoisotopic (exact) mass is 651 g/mol. The van der Waals surface area contributed by atoms with Gasteiger partial charge in [0.1, 0.15) is 11.2 Å². The maximum absolute atomic E-state index is 6.66. The van der Waals surface area contributed by atoms with Crippen LogP contribution in [0.3, 0.4) is 0 Å². The Morgan fingerprint density at radius 2 is 0.843 bits per heavy atom. The van der Waals surface area contributed by atoms with E-state index < -0.39 is 0 Å². The molecule has 2 heterocycles. The predicted molar refractivity (Wildman–Crippen MR) is 209 cm³/mol. The van der Waals surface area contributed by atoms with Crippen molar-refractivity contribution in [1.29, 1.82) is 0 Å². The van der Waals surface area contributed by atoms with E-state index in [0.717, 1.165) is 55.0 Å². The third kappa shape index (κ3) is 5.04. The van der Waals surface area contributed by atoms with Crippen LogP contribution in [0.4, 0.5) is 0 Å². The second-order valence-electron chi connectivity index (χ2n) is 12.8. The van der Waals surface area contributed by atoms with Gasteiger partial charge in [0.05, 0.1) is 0 Å². The van der Waals surface area contributed by atoms with Crippen molar-refractivity contribution in [3.8, 4) is 56.4 Å². The zero-order valence-corrected chi connectivity index (χ0v) is 27.5. The minimum Gasteiger partial charge on any atom is -0.455 e. The van der Waals surface area contributed by atoms with Crippen molar-refractivity contribution in [1.82, 2.24) is 15.0 Å². The summed E-state index contributed by atoms with van der Waals surface area (Å²) in [7, 11) is 0. The second-order valence-corrected chi connectivity index (χ2v) is 12.8. The fourth-order valence-electron chi connectivity index (χ4n) is 7.22. The van der Waals surface area contributed by atoms with E-state index in [2.05, 4.69) is 146 Å². The van der Waals surface area contributed by atoms with Crippen molar-refractivity contribution < 1.29 is 4.42 Å². The SMILES string of the molecule is c1ccc(-c2nc(-c3ccc(-c4cccc5ccccc45)cc3)nc(-c3ccc4c(c3)oc3c5ccccc5c(-c5ccccc5)cc43)n2)cc1. The summed E-state index contributed by atoms with van der Waals surface area (Å²) in [6.45, 7) is 0. The summed E-state index contributed by atoms with van der Waals surface area (Å²) in [6, 6.07) is 61.0. The quantitative estimate of drug-likeness (QED) is 0.186. The standard InChI is InChI=1S/C47H29N3O/c1-3-12-31(13-4-1)41-29-42-39-27-26-35(28-43(39)51-44(42)40-20-10-9-19-38(40)41)47-49-45(33-15-5-2-6-16-33)48-46(50-47)34-24-22-32(23-25-34)37-21-11-17-30-14-7-8-18-36(30)37/h1-29H. The highest BCUT2D eigenvalue weighted by molar-refractivity contribution is 6.19. The topological polar surface area (TPSA) is 51.8 Å². The number of nitrogens with zero attached hydrogens (tertiary/aromatic N) is 3. The predicted octanol–water partition coefficient (Wildman–Crippen LogP) is 12.4. The lowest BCUT2D eigenvalue weighted by Gasteiger charge is -2.10. The lowest BCUT2D eigenvalue weighted by molar-refractivity contribution is 0.673. The van der Waals surface area contributed by atoms with Crippen LogP contribution < -0.4 is 0 Å². The number of hydrogen-bond donors (Lipinski definition) is 0. The average Bonchev–Trinajstić information content (AvgIpc) is 3.59. The molecular formula is C47H29N3O. The highest BCUT2D eigenvalue weighted by Gasteiger charge is 2.18. The summed E-state index contributed by atoms with van der Waals surface area (Å²) in [4.78, 5) is 15.0. The molecule has 2 aromatic heterocycles. The van der Waals surface area contributed by atoms with Crippen molar-refractivity contribution in [3.05, 3.63) is 176 Å². The van der Waals surface area contributed by atoms with Gasteiger partial charge in [0.2, 0.25) is 0 Å². The molecule has 238 valence electrons. The Labute approximate surface area is 294 Å². The number of fused-ring (bicyclic) bond motifs is 6. The Bertz CT molecular complexity index is 2890. The Balaban J connectivity index is 1.11. The van der Waals surface area contributed by atoms with Crippen LogP contribution in [-0.2, 0) is 0 Å². The molecule has 4 heteroatoms. The lowest BCUT2D eigenvalue weighted by atomic mass is 9.95. The first-order valence-corrected chi connectivity index (χ1v) is 17.1. The van der Waals surface area contributed by atoms with E-state index in [-0.39, 0.29) is 0 Å². The molecule has 10 rings (SSSR count). The summed E-state index contributed by atoms with van der Waals surface area (Å²) < 4.78 is 6.66. The van der Waals surface area contributed by atoms with E-state index >= 15 is 0 Å². The summed E-state index contributed by atoms with van der Waals surface area (Å²) in [5.74, 6) is 1.83. The van der Waals surface area contributed by atoms with E-state index in [9.17, 15) is 0 Å². The molecule has 0 unspecified atom stereocenters. The van der Waals surface area contributed by atoms with Gasteiger partial charge < -0.3 is 4.42 Å². The minimum atomic E-state index is 0.592. The first-order valence-electron chi connectivity index (χ1n) is 17.1. The first-order chi connectivity index (χ1) is 25.3. The fourth-order valence-corrected chi connectivity index (χ4v) is 7.22. The zero-order chi connectivity index (χ0) is 33.7. The van der Waals surface area contributed by atoms with Gasteiger partial charge in [0.25, 0.3) is 0 Å². The molecule has 0 bridgehead atoms. The molecule has 0 amide bonds. The first kappa shape index (κ1) is 29.0. The molecule has 0 radical (unpaired) electrons. The molecule has 10 aromatic rings. The smallest absolute Gasteiger partial charge is 0.164 e. The van der Waals surface area contributed by atoms with Crippen LogP contribution in [0.2, 0.25) is 0 Å². The van der Waals surface area contributed by atoms with Gasteiger partial charge >= 0.3 is 0 Å². The normalized spacial score (nSPS) is 11.5. The van der Waals surface area contributed by atoms with E-state index in [1.165, 1.54) is 27.5 Å². The van der Waals surface area contributed by atoms with Crippen LogP contribution in [0.25, 0.3) is 99.9 Å². The Hall–Kier alpha value is -6.91. The van der Waals surface area contributed by atoms with Crippen LogP contribution >= 0.6 is 0 Å². The molecule has 0 fully saturated rings. The molecule has 0 aliphatic rings. The number of rotatable bonds is 5. The van der Waals surface area contributed by atoms with Crippen molar-refractivity contribution in [2.24, 2.45) is 0 Å². The van der Waals surface area contributed by atoms with E-state index in [1.807, 2.05) is 30.3 Å². The molecule has 0 atom stereocenters. The zero-order valence-electron chi connectivity index (χ0n) is 27.5. The molecule has 0 aliphatic heterocycles. The molecule has 4 nitrogen and oxygen atoms in total. The third-order valence-corrected chi connectivity index (χ3v) is 9.73. The Kier molecular flexibility index (Phi) is 6.78. The van der Waals surface area contributed by atoms with Gasteiger partial charge in [0.15, 0.2) is 17.5 Å². The number of benzene rings is 8. The van der Waals surface area contributed by atoms with Gasteiger partial charge in [-0.15, -0.1) is 0 Å². The molecule has 0 spiro atoms. The van der Waals surface area contributed by atoms with E-state index in [0.29, 0.717) is 17.5 Å². The highest BCUT2D eigenvalue weighted by Crippen LogP contribution is 2.41. The second kappa shape index (κ2) is 11.9. The third-order valence-electron chi connectivity index (χ3n) is 9.73. The summed E-state index contributed by atoms with van der Waals surface area (Å²) in [6.07, 6.45) is 0. The lowest BCUT2D eigenvalue weighted by Crippen LogP contribution is -2.00. The van der Waals surface area contributed by atoms with Crippen LogP contribution in [-0.4, -0.2) is 15.0 Å². The van der Waals surface area contributed by atoms with Crippen LogP contribution in [0.5, 0.6) is 0 Å². The molecular weight excluding hydrogens is 623 g/mol. The summed E-state index contributed by atoms with van der Waals surface area (Å²) in [5.41, 5.74) is 9.09. The van der Waals surface area contributed by atoms with Gasteiger partial charge in [-0.1, -0.05) is 158 Å². The van der Waals surface area contributed by atoms with Crippen molar-refractivity contribution >= 4 is 43.5 Å². The summed E-state index contributed by atoms with van der Waals surface area (Å²) >= 11 is 0. The average molecular weight is 652 g/mol. The highest BCUT2D eigenvalue weighted by atomic mass is 16.3. The molecule has 0 aliphatic carbocycles. The van der Waals surface area contributed by atoms with Gasteiger partial charge in [0, 0.05) is 32.8 Å². The van der Waals surface area contributed by atoms with Gasteiger partial charge in [-0.05, 0) is 56.6 Å². The number of furan rings is 1. The van der Waals surface area contributed by atoms with Crippen LogP contribution in [0, 0.1) is 0 Å². The Morgan fingerprint density at radius 3 is 1.59 bits per heavy atom. The molecule has 0 saturated heterocycles. The molecule has 51 heavy (non-hydrogen) atoms. The molecule has 0 saturated carbocycles. The van der Waals surface area contributed by atoms with E-state index in [4.69, 9.17) is 19.4 Å². The van der Waals surface area contributed by atoms with Gasteiger partial charge in [-0.2, -0.15) is 0 Å². The van der Waals surface area contributed by atoms with Crippen LogP contribution in [0.15, 0.2) is 180 Å². The maximum Gasteiger partial charge on any atom is 0.164 e. The van der Waals surface area contributed by atoms with Gasteiger partial charge in [-0.3, -0.25) is 0 Å². The maximum atomic E-state index is 6.66. The van der Waals surface area contributed by atoms with Gasteiger partial charge in [-0.25, -0.2) is 15.0 Å². The largest absolute Gasteiger partial charge is 0.455 e. The number of hydrogen-bond acceptors (Lipinski definition) is 4. The van der Waals surface area contributed by atoms with E-state index in [1.54, 1.807) is 0 Å². The molecule has 8 aromatic carbocycles. The summed E-state index contributed by atoms with van der Waals surface area (Å²) in [5, 5.41) is 6.84. The Morgan fingerprint density at radius 1 is 0.314 bits per heavy atom. The van der Waals surface area contributed by atoms with Crippen molar-refractivity contribution in [2.75, 3.05) is 0 Å². The fraction of sp³-hybridized carbons (Fsp3) is 0. The minimum absolute atomic E-state index is 0.592.